The molecule has 0 atom stereocenters. The molecular weight excluding hydrogens is 609 g/mol. The Kier molecular flexibility index (Phi) is 7.95. The first-order valence-electron chi connectivity index (χ1n) is 10.2. The van der Waals surface area contributed by atoms with Gasteiger partial charge in [-0.15, -0.1) is 0 Å². The molecule has 0 aliphatic carbocycles. The van der Waals surface area contributed by atoms with E-state index < -0.39 is 30.0 Å². The highest BCUT2D eigenvalue weighted by Gasteiger charge is 2.46. The maximum absolute atomic E-state index is 13.6. The Bertz CT molecular complexity index is 1450. The van der Waals surface area contributed by atoms with Gasteiger partial charge in [0.1, 0.15) is 12.3 Å². The van der Waals surface area contributed by atoms with Crippen LogP contribution in [0.3, 0.4) is 0 Å². The molecule has 4 rings (SSSR count). The van der Waals surface area contributed by atoms with Gasteiger partial charge < -0.3 is 4.74 Å². The molecule has 3 amide bonds. The molecule has 1 aliphatic heterocycles. The monoisotopic (exact) mass is 618 g/mol. The molecule has 7 nitrogen and oxygen atoms in total. The molecule has 0 bridgehead atoms. The summed E-state index contributed by atoms with van der Waals surface area (Å²) < 4.78 is 5.09. The minimum absolute atomic E-state index is 0.0426. The van der Waals surface area contributed by atoms with Crippen LogP contribution >= 0.6 is 69.6 Å². The molecule has 3 aromatic carbocycles. The van der Waals surface area contributed by atoms with E-state index in [-0.39, 0.29) is 52.4 Å². The number of ether oxygens (including phenoxy) is 1. The summed E-state index contributed by atoms with van der Waals surface area (Å²) in [5.41, 5.74) is -0.571. The SMILES string of the molecule is COc1ccc(C(=O)CN(C(=O)c2ccc(Cl)c(Cl)c2)N2C(=O)c3c(Cl)c(Cl)c(Cl)c(Cl)c3C2=O)cc1. The number of carbonyl (C=O) groups is 4. The number of hydrogen-bond donors (Lipinski definition) is 0. The molecule has 0 spiro atoms. The summed E-state index contributed by atoms with van der Waals surface area (Å²) in [5.74, 6) is -3.05. The Labute approximate surface area is 240 Å². The predicted octanol–water partition coefficient (Wildman–Crippen LogP) is 7.15. The number of nitrogens with zero attached hydrogens (tertiary/aromatic N) is 2. The number of hydrogen-bond acceptors (Lipinski definition) is 5. The first-order chi connectivity index (χ1) is 17.5. The standard InChI is InChI=1S/C24H12Cl6N2O5/c1-37-12-5-2-10(3-6-12)15(33)9-31(22(34)11-4-7-13(25)14(26)8-11)32-23(35)16-17(24(32)36)19(28)21(30)20(29)18(16)27/h2-8H,9H2,1H3. The number of benzene rings is 3. The number of Topliss-reactive ketones (excluding diaryl/α,β-unsaturated/α-hetero) is 1. The van der Waals surface area contributed by atoms with Gasteiger partial charge in [-0.2, -0.15) is 5.01 Å². The minimum atomic E-state index is -1.03. The molecule has 0 unspecified atom stereocenters. The second-order valence-electron chi connectivity index (χ2n) is 7.57. The van der Waals surface area contributed by atoms with Crippen molar-refractivity contribution in [2.24, 2.45) is 0 Å². The fraction of sp³-hybridized carbons (Fsp3) is 0.0833. The van der Waals surface area contributed by atoms with E-state index in [2.05, 4.69) is 0 Å². The zero-order chi connectivity index (χ0) is 27.2. The van der Waals surface area contributed by atoms with Crippen LogP contribution in [0.2, 0.25) is 30.1 Å². The number of hydrazine groups is 1. The molecule has 0 aromatic heterocycles. The lowest BCUT2D eigenvalue weighted by molar-refractivity contribution is 0.00532. The number of methoxy groups -OCH3 is 1. The van der Waals surface area contributed by atoms with Crippen LogP contribution < -0.4 is 4.74 Å². The molecule has 3 aromatic rings. The highest BCUT2D eigenvalue weighted by Crippen LogP contribution is 2.45. The van der Waals surface area contributed by atoms with Gasteiger partial charge in [-0.05, 0) is 42.5 Å². The van der Waals surface area contributed by atoms with Crippen LogP contribution in [0.4, 0.5) is 0 Å². The van der Waals surface area contributed by atoms with Crippen LogP contribution in [0.1, 0.15) is 41.4 Å². The summed E-state index contributed by atoms with van der Waals surface area (Å²) in [7, 11) is 1.46. The molecule has 1 heterocycles. The van der Waals surface area contributed by atoms with Crippen LogP contribution in [0.25, 0.3) is 0 Å². The smallest absolute Gasteiger partial charge is 0.282 e. The molecule has 13 heteroatoms. The fourth-order valence-corrected chi connectivity index (χ4v) is 4.88. The van der Waals surface area contributed by atoms with Crippen molar-refractivity contribution in [3.05, 3.63) is 94.9 Å². The second kappa shape index (κ2) is 10.7. The number of rotatable bonds is 6. The molecule has 0 saturated carbocycles. The Morgan fingerprint density at radius 2 is 1.27 bits per heavy atom. The van der Waals surface area contributed by atoms with Gasteiger partial charge in [-0.3, -0.25) is 19.2 Å². The molecule has 0 saturated heterocycles. The van der Waals surface area contributed by atoms with Crippen LogP contribution in [0.15, 0.2) is 42.5 Å². The van der Waals surface area contributed by atoms with Gasteiger partial charge >= 0.3 is 0 Å². The van der Waals surface area contributed by atoms with Crippen molar-refractivity contribution >= 4 is 93.1 Å². The second-order valence-corrected chi connectivity index (χ2v) is 9.90. The van der Waals surface area contributed by atoms with Crippen LogP contribution in [-0.4, -0.2) is 47.2 Å². The summed E-state index contributed by atoms with van der Waals surface area (Å²) in [4.78, 5) is 53.6. The zero-order valence-corrected chi connectivity index (χ0v) is 23.0. The molecule has 0 radical (unpaired) electrons. The fourth-order valence-electron chi connectivity index (χ4n) is 3.57. The zero-order valence-electron chi connectivity index (χ0n) is 18.5. The molecule has 0 N–H and O–H groups in total. The summed E-state index contributed by atoms with van der Waals surface area (Å²) in [6, 6.07) is 9.96. The maximum atomic E-state index is 13.6. The third kappa shape index (κ3) is 4.88. The minimum Gasteiger partial charge on any atom is -0.497 e. The van der Waals surface area contributed by atoms with Gasteiger partial charge in [0, 0.05) is 11.1 Å². The van der Waals surface area contributed by atoms with Gasteiger partial charge in [0.2, 0.25) is 0 Å². The van der Waals surface area contributed by atoms with Crippen molar-refractivity contribution in [3.8, 4) is 5.75 Å². The molecular formula is C24H12Cl6N2O5. The summed E-state index contributed by atoms with van der Waals surface area (Å²) >= 11 is 36.6. The number of carbonyl (C=O) groups excluding carboxylic acids is 4. The maximum Gasteiger partial charge on any atom is 0.282 e. The number of imide groups is 1. The quantitative estimate of drug-likeness (QED) is 0.126. The highest BCUT2D eigenvalue weighted by molar-refractivity contribution is 6.55. The van der Waals surface area contributed by atoms with Crippen molar-refractivity contribution in [2.75, 3.05) is 13.7 Å². The normalized spacial score (nSPS) is 12.6. The van der Waals surface area contributed by atoms with Crippen molar-refractivity contribution < 1.29 is 23.9 Å². The van der Waals surface area contributed by atoms with Gasteiger partial charge in [0.25, 0.3) is 17.7 Å². The van der Waals surface area contributed by atoms with E-state index in [9.17, 15) is 19.2 Å². The highest BCUT2D eigenvalue weighted by atomic mass is 35.5. The first kappa shape index (κ1) is 27.5. The lowest BCUT2D eigenvalue weighted by atomic mass is 10.1. The Balaban J connectivity index is 1.81. The lowest BCUT2D eigenvalue weighted by Gasteiger charge is -2.29. The van der Waals surface area contributed by atoms with Crippen LogP contribution in [-0.2, 0) is 0 Å². The predicted molar refractivity (Wildman–Crippen MR) is 142 cm³/mol. The van der Waals surface area contributed by atoms with Crippen molar-refractivity contribution in [2.45, 2.75) is 0 Å². The van der Waals surface area contributed by atoms with E-state index >= 15 is 0 Å². The van der Waals surface area contributed by atoms with Crippen LogP contribution in [0.5, 0.6) is 5.75 Å². The van der Waals surface area contributed by atoms with E-state index in [1.165, 1.54) is 37.4 Å². The topological polar surface area (TPSA) is 84.0 Å². The Morgan fingerprint density at radius 1 is 0.757 bits per heavy atom. The summed E-state index contributed by atoms with van der Waals surface area (Å²) in [5, 5.41) is 0.222. The van der Waals surface area contributed by atoms with Gasteiger partial charge in [-0.25, -0.2) is 5.01 Å². The molecule has 1 aliphatic rings. The third-order valence-corrected chi connectivity index (χ3v) is 7.97. The molecule has 190 valence electrons. The van der Waals surface area contributed by atoms with E-state index in [0.717, 1.165) is 0 Å². The van der Waals surface area contributed by atoms with E-state index in [4.69, 9.17) is 74.3 Å². The van der Waals surface area contributed by atoms with Gasteiger partial charge in [-0.1, -0.05) is 69.6 Å². The number of fused-ring (bicyclic) bond motifs is 1. The van der Waals surface area contributed by atoms with Crippen molar-refractivity contribution in [1.29, 1.82) is 0 Å². The number of halogens is 6. The average molecular weight is 621 g/mol. The number of amides is 3. The Morgan fingerprint density at radius 3 is 1.76 bits per heavy atom. The van der Waals surface area contributed by atoms with Crippen molar-refractivity contribution in [3.63, 3.8) is 0 Å². The van der Waals surface area contributed by atoms with E-state index in [1.54, 1.807) is 12.1 Å². The average Bonchev–Trinajstić information content (AvgIpc) is 3.15. The summed E-state index contributed by atoms with van der Waals surface area (Å²) in [6.07, 6.45) is 0. The third-order valence-electron chi connectivity index (χ3n) is 5.43. The molecule has 0 fully saturated rings. The number of ketones is 1. The first-order valence-corrected chi connectivity index (χ1v) is 12.4. The van der Waals surface area contributed by atoms with E-state index in [0.29, 0.717) is 15.8 Å². The molecule has 37 heavy (non-hydrogen) atoms. The lowest BCUT2D eigenvalue weighted by Crippen LogP contribution is -2.51. The van der Waals surface area contributed by atoms with Gasteiger partial charge in [0.15, 0.2) is 5.78 Å². The van der Waals surface area contributed by atoms with Gasteiger partial charge in [0.05, 0.1) is 48.4 Å². The van der Waals surface area contributed by atoms with Crippen LogP contribution in [0, 0.1) is 0 Å². The Hall–Kier alpha value is -2.52. The summed E-state index contributed by atoms with van der Waals surface area (Å²) in [6.45, 7) is -0.715. The van der Waals surface area contributed by atoms with E-state index in [1.807, 2.05) is 0 Å². The largest absolute Gasteiger partial charge is 0.497 e. The van der Waals surface area contributed by atoms with Crippen molar-refractivity contribution in [1.82, 2.24) is 10.0 Å².